The molecule has 0 unspecified atom stereocenters. The van der Waals surface area contributed by atoms with Gasteiger partial charge in [0, 0.05) is 22.4 Å². The Hall–Kier alpha value is -3.33. The van der Waals surface area contributed by atoms with Crippen LogP contribution in [-0.2, 0) is 11.2 Å². The molecule has 1 aliphatic heterocycles. The van der Waals surface area contributed by atoms with Crippen LogP contribution in [0.5, 0.6) is 5.75 Å². The van der Waals surface area contributed by atoms with Gasteiger partial charge in [0.25, 0.3) is 5.91 Å². The van der Waals surface area contributed by atoms with Gasteiger partial charge < -0.3 is 10.1 Å². The molecule has 1 amide bonds. The number of benzene rings is 3. The summed E-state index contributed by atoms with van der Waals surface area (Å²) in [6.45, 7) is 2.14. The fourth-order valence-corrected chi connectivity index (χ4v) is 3.57. The molecule has 0 atom stereocenters. The van der Waals surface area contributed by atoms with E-state index in [0.717, 1.165) is 40.1 Å². The molecular weight excluding hydrogens is 334 g/mol. The molecule has 3 aromatic carbocycles. The van der Waals surface area contributed by atoms with Crippen LogP contribution in [0.3, 0.4) is 0 Å². The number of hydrogen-bond acceptors (Lipinski definition) is 2. The van der Waals surface area contributed by atoms with Gasteiger partial charge in [-0.25, -0.2) is 0 Å². The summed E-state index contributed by atoms with van der Waals surface area (Å²) in [4.78, 5) is 12.5. The maximum absolute atomic E-state index is 12.5. The van der Waals surface area contributed by atoms with Crippen LogP contribution in [0.1, 0.15) is 23.6 Å². The molecule has 0 radical (unpaired) electrons. The van der Waals surface area contributed by atoms with E-state index in [0.29, 0.717) is 5.57 Å². The quantitative estimate of drug-likeness (QED) is 0.635. The number of anilines is 1. The largest absolute Gasteiger partial charge is 0.496 e. The fourth-order valence-electron chi connectivity index (χ4n) is 3.57. The summed E-state index contributed by atoms with van der Waals surface area (Å²) >= 11 is 0. The van der Waals surface area contributed by atoms with Gasteiger partial charge in [0.15, 0.2) is 0 Å². The standard InChI is InChI=1S/C24H21NO2/c1-3-17-10-7-11-22(27-2)23(17)18-12-13-21-19(15-18)20(24(26)25-21)14-16-8-5-4-6-9-16/h4-15H,3H2,1-2H3,(H,25,26)/b20-14+. The van der Waals surface area contributed by atoms with Crippen LogP contribution in [0.25, 0.3) is 22.8 Å². The van der Waals surface area contributed by atoms with E-state index in [-0.39, 0.29) is 5.91 Å². The van der Waals surface area contributed by atoms with Crippen molar-refractivity contribution in [2.75, 3.05) is 12.4 Å². The van der Waals surface area contributed by atoms with Crippen LogP contribution in [-0.4, -0.2) is 13.0 Å². The first-order chi connectivity index (χ1) is 13.2. The summed E-state index contributed by atoms with van der Waals surface area (Å²) < 4.78 is 5.61. The highest BCUT2D eigenvalue weighted by molar-refractivity contribution is 6.35. The van der Waals surface area contributed by atoms with Crippen molar-refractivity contribution in [2.24, 2.45) is 0 Å². The first-order valence-corrected chi connectivity index (χ1v) is 9.10. The van der Waals surface area contributed by atoms with E-state index in [4.69, 9.17) is 4.74 Å². The first kappa shape index (κ1) is 17.1. The molecule has 1 heterocycles. The molecule has 0 aromatic heterocycles. The molecule has 1 aliphatic rings. The lowest BCUT2D eigenvalue weighted by Crippen LogP contribution is -2.03. The van der Waals surface area contributed by atoms with Gasteiger partial charge in [0.05, 0.1) is 7.11 Å². The van der Waals surface area contributed by atoms with Crippen LogP contribution in [0.4, 0.5) is 5.69 Å². The van der Waals surface area contributed by atoms with Crippen molar-refractivity contribution in [1.29, 1.82) is 0 Å². The monoisotopic (exact) mass is 355 g/mol. The van der Waals surface area contributed by atoms with Gasteiger partial charge in [0.2, 0.25) is 0 Å². The summed E-state index contributed by atoms with van der Waals surface area (Å²) in [5.41, 5.74) is 6.83. The maximum atomic E-state index is 12.5. The number of nitrogens with one attached hydrogen (secondary N) is 1. The minimum Gasteiger partial charge on any atom is -0.496 e. The molecule has 27 heavy (non-hydrogen) atoms. The summed E-state index contributed by atoms with van der Waals surface area (Å²) in [5, 5.41) is 2.97. The Kier molecular flexibility index (Phi) is 4.51. The number of hydrogen-bond donors (Lipinski definition) is 1. The average molecular weight is 355 g/mol. The first-order valence-electron chi connectivity index (χ1n) is 9.10. The van der Waals surface area contributed by atoms with Crippen LogP contribution < -0.4 is 10.1 Å². The molecule has 0 saturated heterocycles. The highest BCUT2D eigenvalue weighted by atomic mass is 16.5. The van der Waals surface area contributed by atoms with Gasteiger partial charge in [-0.2, -0.15) is 0 Å². The average Bonchev–Trinajstić information content (AvgIpc) is 3.02. The van der Waals surface area contributed by atoms with Crippen molar-refractivity contribution in [3.05, 3.63) is 83.4 Å². The zero-order valence-corrected chi connectivity index (χ0v) is 15.5. The van der Waals surface area contributed by atoms with Crippen molar-refractivity contribution in [1.82, 2.24) is 0 Å². The van der Waals surface area contributed by atoms with Gasteiger partial charge in [-0.05, 0) is 47.4 Å². The van der Waals surface area contributed by atoms with Crippen molar-refractivity contribution in [3.63, 3.8) is 0 Å². The van der Waals surface area contributed by atoms with Gasteiger partial charge in [-0.1, -0.05) is 55.5 Å². The number of fused-ring (bicyclic) bond motifs is 1. The highest BCUT2D eigenvalue weighted by Gasteiger charge is 2.25. The SMILES string of the molecule is CCc1cccc(OC)c1-c1ccc2c(c1)/C(=C\c1ccccc1)C(=O)N2. The second kappa shape index (κ2) is 7.12. The Morgan fingerprint density at radius 1 is 1.00 bits per heavy atom. The van der Waals surface area contributed by atoms with Crippen LogP contribution in [0.2, 0.25) is 0 Å². The maximum Gasteiger partial charge on any atom is 0.256 e. The predicted octanol–water partition coefficient (Wildman–Crippen LogP) is 5.42. The number of carbonyl (C=O) groups is 1. The topological polar surface area (TPSA) is 38.3 Å². The molecule has 3 nitrogen and oxygen atoms in total. The molecule has 0 bridgehead atoms. The molecule has 0 fully saturated rings. The lowest BCUT2D eigenvalue weighted by atomic mass is 9.93. The van der Waals surface area contributed by atoms with Crippen molar-refractivity contribution in [2.45, 2.75) is 13.3 Å². The Morgan fingerprint density at radius 3 is 2.56 bits per heavy atom. The number of ether oxygens (including phenoxy) is 1. The number of methoxy groups -OCH3 is 1. The van der Waals surface area contributed by atoms with Gasteiger partial charge in [0.1, 0.15) is 5.75 Å². The molecular formula is C24H21NO2. The molecule has 134 valence electrons. The molecule has 3 aromatic rings. The van der Waals surface area contributed by atoms with Gasteiger partial charge in [-0.3, -0.25) is 4.79 Å². The smallest absolute Gasteiger partial charge is 0.256 e. The van der Waals surface area contributed by atoms with E-state index in [9.17, 15) is 4.79 Å². The van der Waals surface area contributed by atoms with E-state index in [1.165, 1.54) is 5.56 Å². The lowest BCUT2D eigenvalue weighted by molar-refractivity contribution is -0.110. The molecule has 3 heteroatoms. The Bertz CT molecular complexity index is 1010. The normalized spacial score (nSPS) is 14.1. The molecule has 0 aliphatic carbocycles. The number of aryl methyl sites for hydroxylation is 1. The molecule has 1 N–H and O–H groups in total. The van der Waals surface area contributed by atoms with Crippen molar-refractivity contribution in [3.8, 4) is 16.9 Å². The van der Waals surface area contributed by atoms with Crippen molar-refractivity contribution < 1.29 is 9.53 Å². The lowest BCUT2D eigenvalue weighted by Gasteiger charge is -2.14. The third kappa shape index (κ3) is 3.13. The zero-order chi connectivity index (χ0) is 18.8. The van der Waals surface area contributed by atoms with E-state index in [2.05, 4.69) is 24.4 Å². The molecule has 0 spiro atoms. The van der Waals surface area contributed by atoms with Gasteiger partial charge >= 0.3 is 0 Å². The summed E-state index contributed by atoms with van der Waals surface area (Å²) in [7, 11) is 1.69. The van der Waals surface area contributed by atoms with E-state index >= 15 is 0 Å². The second-order valence-electron chi connectivity index (χ2n) is 6.53. The van der Waals surface area contributed by atoms with Gasteiger partial charge in [-0.15, -0.1) is 0 Å². The molecule has 0 saturated carbocycles. The summed E-state index contributed by atoms with van der Waals surface area (Å²) in [6, 6.07) is 22.1. The third-order valence-corrected chi connectivity index (χ3v) is 4.92. The minimum atomic E-state index is -0.0678. The minimum absolute atomic E-state index is 0.0678. The number of rotatable bonds is 4. The highest BCUT2D eigenvalue weighted by Crippen LogP contribution is 2.40. The van der Waals surface area contributed by atoms with E-state index in [1.54, 1.807) is 7.11 Å². The van der Waals surface area contributed by atoms with Crippen LogP contribution in [0, 0.1) is 0 Å². The Labute approximate surface area is 159 Å². The van der Waals surface area contributed by atoms with Crippen LogP contribution >= 0.6 is 0 Å². The summed E-state index contributed by atoms with van der Waals surface area (Å²) in [5.74, 6) is 0.780. The van der Waals surface area contributed by atoms with Crippen molar-refractivity contribution >= 4 is 23.2 Å². The predicted molar refractivity (Wildman–Crippen MR) is 111 cm³/mol. The fraction of sp³-hybridized carbons (Fsp3) is 0.125. The zero-order valence-electron chi connectivity index (χ0n) is 15.5. The number of carbonyl (C=O) groups excluding carboxylic acids is 1. The van der Waals surface area contributed by atoms with Crippen LogP contribution in [0.15, 0.2) is 66.7 Å². The Balaban J connectivity index is 1.86. The van der Waals surface area contributed by atoms with E-state index in [1.807, 2.05) is 60.7 Å². The second-order valence-corrected chi connectivity index (χ2v) is 6.53. The summed E-state index contributed by atoms with van der Waals surface area (Å²) in [6.07, 6.45) is 2.85. The molecule has 4 rings (SSSR count). The Morgan fingerprint density at radius 2 is 1.81 bits per heavy atom. The third-order valence-electron chi connectivity index (χ3n) is 4.92. The van der Waals surface area contributed by atoms with E-state index < -0.39 is 0 Å². The number of amides is 1.